The van der Waals surface area contributed by atoms with Crippen LogP contribution in [0.5, 0.6) is 0 Å². The molecule has 0 aromatic carbocycles. The molecule has 0 atom stereocenters. The van der Waals surface area contributed by atoms with Crippen molar-refractivity contribution < 1.29 is 14.7 Å². The van der Waals surface area contributed by atoms with Crippen LogP contribution in [0.3, 0.4) is 0 Å². The largest absolute Gasteiger partial charge is 0.481 e. The summed E-state index contributed by atoms with van der Waals surface area (Å²) in [5.74, 6) is -1.07. The Kier molecular flexibility index (Phi) is 4.04. The molecule has 1 saturated carbocycles. The molecule has 1 heterocycles. The summed E-state index contributed by atoms with van der Waals surface area (Å²) in [5, 5.41) is 9.01. The molecule has 0 aliphatic heterocycles. The highest BCUT2D eigenvalue weighted by Crippen LogP contribution is 2.28. The third-order valence-electron chi connectivity index (χ3n) is 2.98. The summed E-state index contributed by atoms with van der Waals surface area (Å²) in [4.78, 5) is 28.7. The van der Waals surface area contributed by atoms with Gasteiger partial charge in [-0.3, -0.25) is 9.59 Å². The average Bonchev–Trinajstić information content (AvgIpc) is 3.11. The fourth-order valence-corrected chi connectivity index (χ4v) is 2.22. The molecule has 6 heteroatoms. The minimum Gasteiger partial charge on any atom is -0.481 e. The second-order valence-corrected chi connectivity index (χ2v) is 5.08. The number of carbonyl (C=O) groups excluding carboxylic acids is 1. The lowest BCUT2D eigenvalue weighted by molar-refractivity contribution is -0.137. The number of carboxylic acids is 1. The van der Waals surface area contributed by atoms with E-state index in [0.717, 1.165) is 12.8 Å². The fraction of sp³-hybridized carbons (Fsp3) is 0.462. The Morgan fingerprint density at radius 1 is 1.47 bits per heavy atom. The maximum absolute atomic E-state index is 12.4. The minimum atomic E-state index is -0.901. The summed E-state index contributed by atoms with van der Waals surface area (Å²) in [7, 11) is 0. The molecule has 0 radical (unpaired) electrons. The first-order chi connectivity index (χ1) is 8.97. The number of hydrogen-bond donors (Lipinski definition) is 1. The Hall–Kier alpha value is -1.62. The predicted octanol–water partition coefficient (Wildman–Crippen LogP) is 2.12. The summed E-state index contributed by atoms with van der Waals surface area (Å²) < 4.78 is 0. The summed E-state index contributed by atoms with van der Waals surface area (Å²) in [6.07, 6.45) is 1.83. The van der Waals surface area contributed by atoms with Gasteiger partial charge in [0.2, 0.25) is 0 Å². The summed E-state index contributed by atoms with van der Waals surface area (Å²) >= 11 is 5.85. The number of aryl methyl sites for hydroxylation is 1. The second kappa shape index (κ2) is 5.57. The van der Waals surface area contributed by atoms with Gasteiger partial charge in [0.15, 0.2) is 0 Å². The number of carboxylic acid groups (broad SMARTS) is 1. The average molecular weight is 283 g/mol. The normalized spacial score (nSPS) is 14.2. The summed E-state index contributed by atoms with van der Waals surface area (Å²) in [5.41, 5.74) is 1.14. The Balaban J connectivity index is 2.16. The molecule has 0 unspecified atom stereocenters. The van der Waals surface area contributed by atoms with Crippen LogP contribution < -0.4 is 0 Å². The first kappa shape index (κ1) is 13.8. The van der Waals surface area contributed by atoms with Crippen molar-refractivity contribution in [2.45, 2.75) is 32.2 Å². The van der Waals surface area contributed by atoms with Crippen LogP contribution >= 0.6 is 11.6 Å². The molecule has 0 spiro atoms. The van der Waals surface area contributed by atoms with E-state index in [-0.39, 0.29) is 30.1 Å². The van der Waals surface area contributed by atoms with Gasteiger partial charge in [0.25, 0.3) is 5.91 Å². The van der Waals surface area contributed by atoms with E-state index >= 15 is 0 Å². The number of rotatable bonds is 5. The number of hydrogen-bond acceptors (Lipinski definition) is 3. The number of pyridine rings is 1. The van der Waals surface area contributed by atoms with Gasteiger partial charge >= 0.3 is 5.97 Å². The van der Waals surface area contributed by atoms with Crippen molar-refractivity contribution >= 4 is 23.5 Å². The van der Waals surface area contributed by atoms with E-state index in [1.54, 1.807) is 17.9 Å². The molecule has 1 aliphatic carbocycles. The lowest BCUT2D eigenvalue weighted by atomic mass is 10.2. The quantitative estimate of drug-likeness (QED) is 0.840. The van der Waals surface area contributed by atoms with Crippen LogP contribution in [-0.4, -0.2) is 39.5 Å². The van der Waals surface area contributed by atoms with Gasteiger partial charge in [-0.1, -0.05) is 11.6 Å². The van der Waals surface area contributed by atoms with Gasteiger partial charge < -0.3 is 10.0 Å². The summed E-state index contributed by atoms with van der Waals surface area (Å²) in [6.45, 7) is 2.00. The minimum absolute atomic E-state index is 0.0416. The predicted molar refractivity (Wildman–Crippen MR) is 70.3 cm³/mol. The third-order valence-corrected chi connectivity index (χ3v) is 3.18. The molecule has 1 aromatic heterocycles. The molecular weight excluding hydrogens is 268 g/mol. The number of aliphatic carboxylic acids is 1. The van der Waals surface area contributed by atoms with Gasteiger partial charge in [0.1, 0.15) is 5.15 Å². The molecule has 1 fully saturated rings. The van der Waals surface area contributed by atoms with Crippen molar-refractivity contribution in [1.82, 2.24) is 9.88 Å². The molecular formula is C13H15ClN2O3. The van der Waals surface area contributed by atoms with E-state index in [2.05, 4.69) is 4.98 Å². The highest BCUT2D eigenvalue weighted by Gasteiger charge is 2.33. The Morgan fingerprint density at radius 2 is 2.16 bits per heavy atom. The van der Waals surface area contributed by atoms with E-state index in [0.29, 0.717) is 11.3 Å². The van der Waals surface area contributed by atoms with Crippen LogP contribution in [0.1, 0.15) is 35.3 Å². The van der Waals surface area contributed by atoms with Crippen molar-refractivity contribution in [2.75, 3.05) is 6.54 Å². The molecule has 1 aromatic rings. The van der Waals surface area contributed by atoms with Crippen LogP contribution in [-0.2, 0) is 4.79 Å². The van der Waals surface area contributed by atoms with Crippen LogP contribution in [0.2, 0.25) is 5.15 Å². The number of carbonyl (C=O) groups is 2. The first-order valence-electron chi connectivity index (χ1n) is 6.14. The second-order valence-electron chi connectivity index (χ2n) is 4.69. The van der Waals surface area contributed by atoms with Gasteiger partial charge in [-0.2, -0.15) is 0 Å². The third kappa shape index (κ3) is 3.67. The van der Waals surface area contributed by atoms with Gasteiger partial charge in [-0.05, 0) is 31.9 Å². The van der Waals surface area contributed by atoms with Crippen LogP contribution in [0, 0.1) is 6.92 Å². The Labute approximate surface area is 116 Å². The zero-order valence-corrected chi connectivity index (χ0v) is 11.4. The highest BCUT2D eigenvalue weighted by molar-refractivity contribution is 6.29. The topological polar surface area (TPSA) is 70.5 Å². The van der Waals surface area contributed by atoms with E-state index in [4.69, 9.17) is 16.7 Å². The zero-order chi connectivity index (χ0) is 14.0. The number of nitrogens with zero attached hydrogens (tertiary/aromatic N) is 2. The van der Waals surface area contributed by atoms with Gasteiger partial charge in [-0.15, -0.1) is 0 Å². The number of aromatic nitrogens is 1. The standard InChI is InChI=1S/C13H15ClN2O3/c1-8-6-9(7-11(14)15-8)13(19)16(10-2-3-10)5-4-12(17)18/h6-7,10H,2-5H2,1H3,(H,17,18). The lowest BCUT2D eigenvalue weighted by Crippen LogP contribution is -2.35. The molecule has 1 aliphatic rings. The van der Waals surface area contributed by atoms with Gasteiger partial charge in [0, 0.05) is 23.8 Å². The number of halogens is 1. The Bertz CT molecular complexity index is 494. The monoisotopic (exact) mass is 282 g/mol. The van der Waals surface area contributed by atoms with Crippen molar-refractivity contribution in [2.24, 2.45) is 0 Å². The molecule has 19 heavy (non-hydrogen) atoms. The van der Waals surface area contributed by atoms with Crippen LogP contribution in [0.4, 0.5) is 0 Å². The lowest BCUT2D eigenvalue weighted by Gasteiger charge is -2.21. The molecule has 102 valence electrons. The van der Waals surface area contributed by atoms with Crippen molar-refractivity contribution in [3.8, 4) is 0 Å². The first-order valence-corrected chi connectivity index (χ1v) is 6.52. The van der Waals surface area contributed by atoms with E-state index in [9.17, 15) is 9.59 Å². The highest BCUT2D eigenvalue weighted by atomic mass is 35.5. The molecule has 1 N–H and O–H groups in total. The molecule has 1 amide bonds. The fourth-order valence-electron chi connectivity index (χ4n) is 1.97. The van der Waals surface area contributed by atoms with Crippen LogP contribution in [0.15, 0.2) is 12.1 Å². The molecule has 5 nitrogen and oxygen atoms in total. The maximum atomic E-state index is 12.4. The SMILES string of the molecule is Cc1cc(C(=O)N(CCC(=O)O)C2CC2)cc(Cl)n1. The smallest absolute Gasteiger partial charge is 0.305 e. The maximum Gasteiger partial charge on any atom is 0.305 e. The van der Waals surface area contributed by atoms with Crippen molar-refractivity contribution in [3.05, 3.63) is 28.5 Å². The molecule has 0 saturated heterocycles. The molecule has 0 bridgehead atoms. The number of amides is 1. The summed E-state index contributed by atoms with van der Waals surface area (Å²) in [6, 6.07) is 3.36. The van der Waals surface area contributed by atoms with E-state index in [1.807, 2.05) is 0 Å². The van der Waals surface area contributed by atoms with Gasteiger partial charge in [0.05, 0.1) is 6.42 Å². The van der Waals surface area contributed by atoms with Gasteiger partial charge in [-0.25, -0.2) is 4.98 Å². The zero-order valence-electron chi connectivity index (χ0n) is 10.6. The van der Waals surface area contributed by atoms with E-state index < -0.39 is 5.97 Å². The van der Waals surface area contributed by atoms with E-state index in [1.165, 1.54) is 6.07 Å². The molecule has 2 rings (SSSR count). The Morgan fingerprint density at radius 3 is 2.68 bits per heavy atom. The van der Waals surface area contributed by atoms with Crippen LogP contribution in [0.25, 0.3) is 0 Å². The van der Waals surface area contributed by atoms with Crippen molar-refractivity contribution in [3.63, 3.8) is 0 Å². The van der Waals surface area contributed by atoms with Crippen molar-refractivity contribution in [1.29, 1.82) is 0 Å².